The fraction of sp³-hybridized carbons (Fsp3) is 0.273. The Morgan fingerprint density at radius 1 is 0.538 bits per heavy atom. The minimum atomic E-state index is -0.775. The zero-order valence-electron chi connectivity index (χ0n) is 21.6. The van der Waals surface area contributed by atoms with E-state index < -0.39 is 12.2 Å². The zero-order valence-corrected chi connectivity index (χ0v) is 21.6. The number of hydrogen-bond donors (Lipinski definition) is 2. The maximum absolute atomic E-state index is 10.8. The summed E-state index contributed by atoms with van der Waals surface area (Å²) in [5.41, 5.74) is 5.79. The minimum Gasteiger partial charge on any atom is -0.491 e. The van der Waals surface area contributed by atoms with Crippen LogP contribution in [0.2, 0.25) is 0 Å². The molecule has 0 aliphatic carbocycles. The molecule has 2 aliphatic heterocycles. The van der Waals surface area contributed by atoms with E-state index in [-0.39, 0.29) is 18.6 Å². The van der Waals surface area contributed by atoms with Crippen LogP contribution < -0.4 is 9.47 Å². The monoisotopic (exact) mass is 524 g/mol. The van der Waals surface area contributed by atoms with Crippen LogP contribution in [0.25, 0.3) is 22.3 Å². The van der Waals surface area contributed by atoms with Crippen LogP contribution in [0.5, 0.6) is 11.5 Å². The van der Waals surface area contributed by atoms with Crippen molar-refractivity contribution in [2.45, 2.75) is 30.8 Å². The molecule has 6 rings (SSSR count). The first kappa shape index (κ1) is 25.6. The van der Waals surface area contributed by atoms with Crippen molar-refractivity contribution in [3.05, 3.63) is 108 Å². The first-order valence-electron chi connectivity index (χ1n) is 13.4. The minimum absolute atomic E-state index is 0.214. The van der Waals surface area contributed by atoms with Gasteiger partial charge in [0, 0.05) is 6.42 Å². The number of rotatable bonds is 12. The number of epoxide rings is 2. The van der Waals surface area contributed by atoms with Gasteiger partial charge in [0.05, 0.1) is 25.4 Å². The molecule has 4 unspecified atom stereocenters. The Balaban J connectivity index is 1.02. The molecule has 39 heavy (non-hydrogen) atoms. The molecule has 2 saturated heterocycles. The molecule has 6 heteroatoms. The van der Waals surface area contributed by atoms with Crippen LogP contribution in [0.1, 0.15) is 29.8 Å². The molecule has 2 N–H and O–H groups in total. The van der Waals surface area contributed by atoms with E-state index in [0.717, 1.165) is 58.1 Å². The van der Waals surface area contributed by atoms with E-state index in [0.29, 0.717) is 13.2 Å². The van der Waals surface area contributed by atoms with Crippen LogP contribution in [-0.4, -0.2) is 48.8 Å². The molecule has 0 spiro atoms. The summed E-state index contributed by atoms with van der Waals surface area (Å²) in [4.78, 5) is 0. The summed E-state index contributed by atoms with van der Waals surface area (Å²) in [5, 5.41) is 21.6. The predicted molar refractivity (Wildman–Crippen MR) is 149 cm³/mol. The van der Waals surface area contributed by atoms with Crippen molar-refractivity contribution in [3.63, 3.8) is 0 Å². The fourth-order valence-corrected chi connectivity index (χ4v) is 4.47. The fourth-order valence-electron chi connectivity index (χ4n) is 4.47. The van der Waals surface area contributed by atoms with Crippen LogP contribution in [-0.2, 0) is 9.47 Å². The Morgan fingerprint density at radius 3 is 1.15 bits per heavy atom. The van der Waals surface area contributed by atoms with Crippen LogP contribution >= 0.6 is 0 Å². The molecular formula is C33H32O6. The summed E-state index contributed by atoms with van der Waals surface area (Å²) in [6, 6.07) is 31.5. The number of hydrogen-bond acceptors (Lipinski definition) is 6. The Morgan fingerprint density at radius 2 is 0.846 bits per heavy atom. The molecule has 6 nitrogen and oxygen atoms in total. The lowest BCUT2D eigenvalue weighted by Crippen LogP contribution is -2.06. The van der Waals surface area contributed by atoms with Crippen molar-refractivity contribution < 1.29 is 29.2 Å². The van der Waals surface area contributed by atoms with Crippen LogP contribution in [0.4, 0.5) is 0 Å². The number of aliphatic hydroxyl groups is 2. The second-order valence-corrected chi connectivity index (χ2v) is 10.1. The van der Waals surface area contributed by atoms with Gasteiger partial charge in [-0.3, -0.25) is 0 Å². The second-order valence-electron chi connectivity index (χ2n) is 10.1. The largest absolute Gasteiger partial charge is 0.491 e. The summed E-state index contributed by atoms with van der Waals surface area (Å²) in [5.74, 6) is 1.65. The first-order valence-corrected chi connectivity index (χ1v) is 13.4. The van der Waals surface area contributed by atoms with E-state index in [1.807, 2.05) is 97.1 Å². The first-order chi connectivity index (χ1) is 19.1. The topological polar surface area (TPSA) is 84.0 Å². The highest BCUT2D eigenvalue weighted by molar-refractivity contribution is 5.65. The van der Waals surface area contributed by atoms with Gasteiger partial charge in [-0.05, 0) is 57.6 Å². The van der Waals surface area contributed by atoms with Crippen molar-refractivity contribution in [1.29, 1.82) is 0 Å². The van der Waals surface area contributed by atoms with E-state index in [2.05, 4.69) is 0 Å². The average molecular weight is 525 g/mol. The number of ether oxygens (including phenoxy) is 4. The molecule has 0 radical (unpaired) electrons. The van der Waals surface area contributed by atoms with Crippen LogP contribution in [0, 0.1) is 0 Å². The molecule has 0 amide bonds. The van der Waals surface area contributed by atoms with Crippen molar-refractivity contribution in [3.8, 4) is 33.8 Å². The van der Waals surface area contributed by atoms with Crippen molar-refractivity contribution in [1.82, 2.24) is 0 Å². The van der Waals surface area contributed by atoms with Gasteiger partial charge in [-0.1, -0.05) is 72.8 Å². The van der Waals surface area contributed by atoms with Gasteiger partial charge in [-0.2, -0.15) is 0 Å². The van der Waals surface area contributed by atoms with Gasteiger partial charge in [0.25, 0.3) is 0 Å². The maximum atomic E-state index is 10.8. The van der Waals surface area contributed by atoms with Crippen molar-refractivity contribution in [2.75, 3.05) is 26.4 Å². The third-order valence-electron chi connectivity index (χ3n) is 7.09. The van der Waals surface area contributed by atoms with Gasteiger partial charge < -0.3 is 29.2 Å². The highest BCUT2D eigenvalue weighted by Gasteiger charge is 2.23. The standard InChI is InChI=1S/C33H32O6/c34-32(26-5-1-22(2-6-26)24-9-13-28(14-10-24)36-18-30-20-38-30)17-33(35)27-7-3-23(4-8-27)25-11-15-29(16-12-25)37-19-31-21-39-31/h1-16,30-35H,17-21H2. The van der Waals surface area contributed by atoms with E-state index >= 15 is 0 Å². The Hall–Kier alpha value is -3.68. The molecule has 2 fully saturated rings. The summed E-state index contributed by atoms with van der Waals surface area (Å²) in [6.07, 6.45) is -0.867. The highest BCUT2D eigenvalue weighted by atomic mass is 16.6. The molecule has 4 aromatic carbocycles. The van der Waals surface area contributed by atoms with Crippen LogP contribution in [0.15, 0.2) is 97.1 Å². The Bertz CT molecular complexity index is 1230. The average Bonchev–Trinajstić information content (AvgIpc) is 3.92. The molecule has 2 aliphatic rings. The molecule has 2 heterocycles. The smallest absolute Gasteiger partial charge is 0.119 e. The van der Waals surface area contributed by atoms with Gasteiger partial charge >= 0.3 is 0 Å². The Kier molecular flexibility index (Phi) is 7.61. The molecule has 0 bridgehead atoms. The molecular weight excluding hydrogens is 492 g/mol. The molecule has 200 valence electrons. The second kappa shape index (κ2) is 11.6. The van der Waals surface area contributed by atoms with Crippen molar-refractivity contribution in [2.24, 2.45) is 0 Å². The van der Waals surface area contributed by atoms with E-state index in [4.69, 9.17) is 18.9 Å². The molecule has 0 saturated carbocycles. The highest BCUT2D eigenvalue weighted by Crippen LogP contribution is 2.31. The summed E-state index contributed by atoms with van der Waals surface area (Å²) >= 11 is 0. The molecule has 4 atom stereocenters. The van der Waals surface area contributed by atoms with Gasteiger partial charge in [0.15, 0.2) is 0 Å². The summed E-state index contributed by atoms with van der Waals surface area (Å²) in [6.45, 7) is 2.73. The van der Waals surface area contributed by atoms with E-state index in [1.165, 1.54) is 0 Å². The molecule has 0 aromatic heterocycles. The normalized spacial score (nSPS) is 19.2. The zero-order chi connectivity index (χ0) is 26.6. The van der Waals surface area contributed by atoms with Gasteiger partial charge in [-0.25, -0.2) is 0 Å². The van der Waals surface area contributed by atoms with E-state index in [9.17, 15) is 10.2 Å². The summed E-state index contributed by atoms with van der Waals surface area (Å²) < 4.78 is 21.8. The SMILES string of the molecule is OC(CC(O)c1ccc(-c2ccc(OCC3CO3)cc2)cc1)c1ccc(-c2ccc(OCC3CO3)cc2)cc1. The third kappa shape index (κ3) is 6.85. The maximum Gasteiger partial charge on any atom is 0.119 e. The quantitative estimate of drug-likeness (QED) is 0.230. The van der Waals surface area contributed by atoms with Gasteiger partial charge in [-0.15, -0.1) is 0 Å². The third-order valence-corrected chi connectivity index (χ3v) is 7.09. The lowest BCUT2D eigenvalue weighted by molar-refractivity contribution is 0.0804. The number of aliphatic hydroxyl groups excluding tert-OH is 2. The predicted octanol–water partition coefficient (Wildman–Crippen LogP) is 5.73. The number of benzene rings is 4. The lowest BCUT2D eigenvalue weighted by atomic mass is 9.95. The van der Waals surface area contributed by atoms with Gasteiger partial charge in [0.1, 0.15) is 36.9 Å². The molecule has 4 aromatic rings. The van der Waals surface area contributed by atoms with Gasteiger partial charge in [0.2, 0.25) is 0 Å². The van der Waals surface area contributed by atoms with Crippen molar-refractivity contribution >= 4 is 0 Å². The van der Waals surface area contributed by atoms with E-state index in [1.54, 1.807) is 0 Å². The van der Waals surface area contributed by atoms with Crippen LogP contribution in [0.3, 0.4) is 0 Å². The lowest BCUT2D eigenvalue weighted by Gasteiger charge is -2.17. The summed E-state index contributed by atoms with van der Waals surface area (Å²) in [7, 11) is 0. The Labute approximate surface area is 228 Å².